The maximum Gasteiger partial charge on any atom is 0.338 e. The number of rotatable bonds is 9. The highest BCUT2D eigenvalue weighted by Crippen LogP contribution is 2.24. The Balaban J connectivity index is 1.44. The zero-order valence-electron chi connectivity index (χ0n) is 19.1. The molecule has 178 valence electrons. The van der Waals surface area contributed by atoms with Crippen molar-refractivity contribution in [3.63, 3.8) is 0 Å². The quantitative estimate of drug-likeness (QED) is 0.246. The number of fused-ring (bicyclic) bond motifs is 1. The molecule has 0 fully saturated rings. The standard InChI is InChI=1S/C27H22O8/c1-3-32-27(30)18-6-10-20(11-7-18)35-25-16-34-24-14-21(12-13-22(24)26(25)29)33-15-23(28)17-4-8-19(31-2)9-5-17/h4-14,16H,3,15H2,1-2H3. The van der Waals surface area contributed by atoms with Crippen molar-refractivity contribution in [1.29, 1.82) is 0 Å². The lowest BCUT2D eigenvalue weighted by atomic mass is 10.1. The summed E-state index contributed by atoms with van der Waals surface area (Å²) in [4.78, 5) is 37.0. The Morgan fingerprint density at radius 2 is 1.51 bits per heavy atom. The van der Waals surface area contributed by atoms with Crippen LogP contribution in [0.15, 0.2) is 82.2 Å². The molecule has 0 atom stereocenters. The summed E-state index contributed by atoms with van der Waals surface area (Å²) < 4.78 is 26.8. The molecule has 0 spiro atoms. The number of ether oxygens (including phenoxy) is 4. The predicted molar refractivity (Wildman–Crippen MR) is 128 cm³/mol. The van der Waals surface area contributed by atoms with Crippen molar-refractivity contribution in [1.82, 2.24) is 0 Å². The van der Waals surface area contributed by atoms with Crippen LogP contribution in [-0.2, 0) is 4.74 Å². The molecule has 0 aliphatic heterocycles. The van der Waals surface area contributed by atoms with Gasteiger partial charge in [0.1, 0.15) is 29.1 Å². The van der Waals surface area contributed by atoms with E-state index >= 15 is 0 Å². The average molecular weight is 474 g/mol. The Kier molecular flexibility index (Phi) is 7.11. The summed E-state index contributed by atoms with van der Waals surface area (Å²) in [7, 11) is 1.55. The van der Waals surface area contributed by atoms with Crippen molar-refractivity contribution in [3.8, 4) is 23.0 Å². The van der Waals surface area contributed by atoms with E-state index in [4.69, 9.17) is 23.4 Å². The van der Waals surface area contributed by atoms with Crippen molar-refractivity contribution in [2.75, 3.05) is 20.3 Å². The van der Waals surface area contributed by atoms with E-state index in [9.17, 15) is 14.4 Å². The number of hydrogen-bond donors (Lipinski definition) is 0. The van der Waals surface area contributed by atoms with Gasteiger partial charge in [-0.15, -0.1) is 0 Å². The minimum Gasteiger partial charge on any atom is -0.497 e. The first kappa shape index (κ1) is 23.6. The molecule has 4 rings (SSSR count). The molecule has 1 aromatic heterocycles. The number of Topliss-reactive ketones (excluding diaryl/α,β-unsaturated/α-hetero) is 1. The van der Waals surface area contributed by atoms with Crippen LogP contribution in [0, 0.1) is 0 Å². The molecule has 0 aliphatic carbocycles. The summed E-state index contributed by atoms with van der Waals surface area (Å²) in [6.07, 6.45) is 1.20. The molecule has 0 saturated heterocycles. The maximum atomic E-state index is 12.8. The highest BCUT2D eigenvalue weighted by Gasteiger charge is 2.13. The molecule has 3 aromatic carbocycles. The predicted octanol–water partition coefficient (Wildman–Crippen LogP) is 5.03. The van der Waals surface area contributed by atoms with E-state index in [0.29, 0.717) is 33.8 Å². The summed E-state index contributed by atoms with van der Waals surface area (Å²) in [5.74, 6) is 0.751. The molecule has 0 aliphatic rings. The number of ketones is 1. The first-order valence-electron chi connectivity index (χ1n) is 10.8. The van der Waals surface area contributed by atoms with Gasteiger partial charge in [0.15, 0.2) is 12.4 Å². The van der Waals surface area contributed by atoms with Crippen LogP contribution < -0.4 is 19.6 Å². The van der Waals surface area contributed by atoms with Gasteiger partial charge in [-0.25, -0.2) is 4.79 Å². The topological polar surface area (TPSA) is 101 Å². The molecular formula is C27H22O8. The van der Waals surface area contributed by atoms with Gasteiger partial charge in [-0.2, -0.15) is 0 Å². The first-order chi connectivity index (χ1) is 17.0. The second kappa shape index (κ2) is 10.6. The van der Waals surface area contributed by atoms with Gasteiger partial charge in [0, 0.05) is 11.6 Å². The second-order valence-electron chi connectivity index (χ2n) is 7.37. The van der Waals surface area contributed by atoms with E-state index in [-0.39, 0.29) is 35.8 Å². The molecule has 0 saturated carbocycles. The lowest BCUT2D eigenvalue weighted by Crippen LogP contribution is -2.11. The maximum absolute atomic E-state index is 12.8. The molecular weight excluding hydrogens is 452 g/mol. The van der Waals surface area contributed by atoms with Crippen molar-refractivity contribution in [2.45, 2.75) is 6.92 Å². The lowest BCUT2D eigenvalue weighted by molar-refractivity contribution is 0.0526. The average Bonchev–Trinajstić information content (AvgIpc) is 2.89. The van der Waals surface area contributed by atoms with E-state index in [0.717, 1.165) is 0 Å². The van der Waals surface area contributed by atoms with Gasteiger partial charge < -0.3 is 23.4 Å². The van der Waals surface area contributed by atoms with Crippen LogP contribution in [0.2, 0.25) is 0 Å². The highest BCUT2D eigenvalue weighted by atomic mass is 16.5. The van der Waals surface area contributed by atoms with E-state index < -0.39 is 5.97 Å². The summed E-state index contributed by atoms with van der Waals surface area (Å²) in [5.41, 5.74) is 0.786. The Hall–Kier alpha value is -4.59. The van der Waals surface area contributed by atoms with Crippen molar-refractivity contribution >= 4 is 22.7 Å². The number of methoxy groups -OCH3 is 1. The number of carbonyl (C=O) groups excluding carboxylic acids is 2. The minimum absolute atomic E-state index is 0.00950. The van der Waals surface area contributed by atoms with Gasteiger partial charge >= 0.3 is 5.97 Å². The SMILES string of the molecule is CCOC(=O)c1ccc(Oc2coc3cc(OCC(=O)c4ccc(OC)cc4)ccc3c2=O)cc1. The second-order valence-corrected chi connectivity index (χ2v) is 7.37. The molecule has 0 unspecified atom stereocenters. The van der Waals surface area contributed by atoms with Gasteiger partial charge in [0.2, 0.25) is 11.2 Å². The number of benzene rings is 3. The Labute approximate surface area is 200 Å². The number of carbonyl (C=O) groups is 2. The highest BCUT2D eigenvalue weighted by molar-refractivity contribution is 5.97. The van der Waals surface area contributed by atoms with Crippen LogP contribution >= 0.6 is 0 Å². The van der Waals surface area contributed by atoms with Crippen LogP contribution in [0.5, 0.6) is 23.0 Å². The summed E-state index contributed by atoms with van der Waals surface area (Å²) in [6.45, 7) is 1.83. The van der Waals surface area contributed by atoms with E-state index in [1.807, 2.05) is 0 Å². The molecule has 35 heavy (non-hydrogen) atoms. The molecule has 8 nitrogen and oxygen atoms in total. The number of esters is 1. The third-order valence-corrected chi connectivity index (χ3v) is 5.09. The van der Waals surface area contributed by atoms with Gasteiger partial charge in [-0.05, 0) is 67.6 Å². The van der Waals surface area contributed by atoms with Gasteiger partial charge in [0.25, 0.3) is 0 Å². The normalized spacial score (nSPS) is 10.6. The summed E-state index contributed by atoms with van der Waals surface area (Å²) >= 11 is 0. The third-order valence-electron chi connectivity index (χ3n) is 5.09. The zero-order chi connectivity index (χ0) is 24.8. The van der Waals surface area contributed by atoms with E-state index in [1.54, 1.807) is 74.7 Å². The monoisotopic (exact) mass is 474 g/mol. The van der Waals surface area contributed by atoms with Crippen molar-refractivity contribution < 1.29 is 33.0 Å². The fraction of sp³-hybridized carbons (Fsp3) is 0.148. The van der Waals surface area contributed by atoms with Crippen LogP contribution in [0.1, 0.15) is 27.6 Å². The minimum atomic E-state index is -0.437. The Morgan fingerprint density at radius 3 is 2.20 bits per heavy atom. The van der Waals surface area contributed by atoms with Crippen LogP contribution in [0.25, 0.3) is 11.0 Å². The van der Waals surface area contributed by atoms with Crippen molar-refractivity contribution in [2.24, 2.45) is 0 Å². The van der Waals surface area contributed by atoms with Gasteiger partial charge in [-0.3, -0.25) is 9.59 Å². The molecule has 0 N–H and O–H groups in total. The Bertz CT molecular complexity index is 1400. The van der Waals surface area contributed by atoms with Crippen molar-refractivity contribution in [3.05, 3.63) is 94.3 Å². The molecule has 1 heterocycles. The van der Waals surface area contributed by atoms with Gasteiger partial charge in [0.05, 0.1) is 24.7 Å². The molecule has 0 radical (unpaired) electrons. The lowest BCUT2D eigenvalue weighted by Gasteiger charge is -2.09. The summed E-state index contributed by atoms with van der Waals surface area (Å²) in [5, 5.41) is 0.291. The fourth-order valence-corrected chi connectivity index (χ4v) is 3.26. The summed E-state index contributed by atoms with van der Waals surface area (Å²) in [6, 6.07) is 17.6. The van der Waals surface area contributed by atoms with Gasteiger partial charge in [-0.1, -0.05) is 0 Å². The van der Waals surface area contributed by atoms with Crippen LogP contribution in [-0.4, -0.2) is 32.1 Å². The van der Waals surface area contributed by atoms with Crippen LogP contribution in [0.3, 0.4) is 0 Å². The first-order valence-corrected chi connectivity index (χ1v) is 10.8. The molecule has 0 bridgehead atoms. The molecule has 4 aromatic rings. The van der Waals surface area contributed by atoms with E-state index in [1.165, 1.54) is 12.3 Å². The fourth-order valence-electron chi connectivity index (χ4n) is 3.26. The Morgan fingerprint density at radius 1 is 0.857 bits per heavy atom. The zero-order valence-corrected chi connectivity index (χ0v) is 19.1. The largest absolute Gasteiger partial charge is 0.497 e. The molecule has 8 heteroatoms. The van der Waals surface area contributed by atoms with Crippen LogP contribution in [0.4, 0.5) is 0 Å². The number of hydrogen-bond acceptors (Lipinski definition) is 8. The third kappa shape index (κ3) is 5.50. The molecule has 0 amide bonds. The smallest absolute Gasteiger partial charge is 0.338 e. The van der Waals surface area contributed by atoms with E-state index in [2.05, 4.69) is 0 Å².